The van der Waals surface area contributed by atoms with Crippen molar-refractivity contribution in [3.63, 3.8) is 0 Å². The van der Waals surface area contributed by atoms with Crippen LogP contribution in [-0.4, -0.2) is 51.6 Å². The number of ether oxygens (including phenoxy) is 2. The molecule has 2 heterocycles. The summed E-state index contributed by atoms with van der Waals surface area (Å²) in [4.78, 5) is 38.8. The number of aromatic nitrogens is 2. The lowest BCUT2D eigenvalue weighted by Crippen LogP contribution is -2.35. The molecule has 3 rings (SSSR count). The summed E-state index contributed by atoms with van der Waals surface area (Å²) in [5, 5.41) is 31.4. The zero-order chi connectivity index (χ0) is 28.4. The highest BCUT2D eigenvalue weighted by atomic mass is 28.3. The number of hydrogen-bond acceptors (Lipinski definition) is 8. The van der Waals surface area contributed by atoms with Gasteiger partial charge in [-0.15, -0.1) is 5.54 Å². The smallest absolute Gasteiger partial charge is 0.330 e. The van der Waals surface area contributed by atoms with Crippen LogP contribution in [0.15, 0.2) is 34.0 Å². The highest BCUT2D eigenvalue weighted by Crippen LogP contribution is 2.41. The van der Waals surface area contributed by atoms with Crippen LogP contribution in [0.1, 0.15) is 56.2 Å². The van der Waals surface area contributed by atoms with Crippen molar-refractivity contribution in [2.45, 2.75) is 78.0 Å². The summed E-state index contributed by atoms with van der Waals surface area (Å²) in [5.74, 6) is 3.04. The molecule has 0 spiro atoms. The van der Waals surface area contributed by atoms with E-state index < -0.39 is 60.8 Å². The number of aromatic amines is 1. The first kappa shape index (κ1) is 29.5. The number of aliphatic hydroxyl groups is 2. The molecule has 0 aliphatic carbocycles. The van der Waals surface area contributed by atoms with Gasteiger partial charge in [0.2, 0.25) is 0 Å². The van der Waals surface area contributed by atoms with Gasteiger partial charge in [-0.3, -0.25) is 24.5 Å². The lowest BCUT2D eigenvalue weighted by atomic mass is 9.83. The van der Waals surface area contributed by atoms with Crippen LogP contribution in [0.3, 0.4) is 0 Å². The molecule has 206 valence electrons. The molecule has 0 amide bonds. The third-order valence-electron chi connectivity index (χ3n) is 6.02. The van der Waals surface area contributed by atoms with Crippen LogP contribution >= 0.6 is 0 Å². The Morgan fingerprint density at radius 3 is 2.55 bits per heavy atom. The second kappa shape index (κ2) is 11.3. The molecular weight excluding hydrogens is 510 g/mol. The lowest BCUT2D eigenvalue weighted by molar-refractivity contribution is -0.386. The first-order chi connectivity index (χ1) is 17.6. The van der Waals surface area contributed by atoms with Gasteiger partial charge in [-0.2, -0.15) is 0 Å². The van der Waals surface area contributed by atoms with Crippen LogP contribution in [0, 0.1) is 27.0 Å². The summed E-state index contributed by atoms with van der Waals surface area (Å²) in [6.45, 7) is 11.2. The predicted molar refractivity (Wildman–Crippen MR) is 143 cm³/mol. The van der Waals surface area contributed by atoms with E-state index in [0.29, 0.717) is 11.1 Å². The molecule has 1 saturated heterocycles. The van der Waals surface area contributed by atoms with E-state index in [1.807, 2.05) is 20.8 Å². The van der Waals surface area contributed by atoms with Crippen molar-refractivity contribution in [2.24, 2.45) is 5.41 Å². The van der Waals surface area contributed by atoms with E-state index >= 15 is 0 Å². The molecule has 3 N–H and O–H groups in total. The van der Waals surface area contributed by atoms with E-state index in [0.717, 1.165) is 4.57 Å². The first-order valence-electron chi connectivity index (χ1n) is 12.3. The molecule has 11 nitrogen and oxygen atoms in total. The van der Waals surface area contributed by atoms with E-state index in [2.05, 4.69) is 36.1 Å². The Morgan fingerprint density at radius 1 is 1.32 bits per heavy atom. The quantitative estimate of drug-likeness (QED) is 0.207. The standard InChI is InChI=1S/C26H35N3O8Si/c1-26(2,3)23(18-8-7-16(9-10-38(4,5)6)11-19(18)29(34)35)36-15-17-13-28(25(33)27-24(17)32)22-12-20(31)21(14-30)37-22/h7-8,11,13,20-23,30-31H,12,14-15H2,1-6H3,(H,27,32,33)/t20-,21+,22+,23?/m0/s1. The maximum Gasteiger partial charge on any atom is 0.330 e. The van der Waals surface area contributed by atoms with Crippen LogP contribution < -0.4 is 11.2 Å². The van der Waals surface area contributed by atoms with Crippen molar-refractivity contribution < 1.29 is 24.6 Å². The van der Waals surface area contributed by atoms with Crippen molar-refractivity contribution in [1.29, 1.82) is 0 Å². The van der Waals surface area contributed by atoms with Crippen molar-refractivity contribution in [1.82, 2.24) is 9.55 Å². The fraction of sp³-hybridized carbons (Fsp3) is 0.538. The minimum atomic E-state index is -1.68. The van der Waals surface area contributed by atoms with Crippen LogP contribution in [0.5, 0.6) is 0 Å². The summed E-state index contributed by atoms with van der Waals surface area (Å²) in [6, 6.07) is 4.80. The Morgan fingerprint density at radius 2 is 2.00 bits per heavy atom. The largest absolute Gasteiger partial charge is 0.394 e. The highest BCUT2D eigenvalue weighted by Gasteiger charge is 2.36. The average Bonchev–Trinajstić information content (AvgIpc) is 3.18. The molecule has 1 fully saturated rings. The van der Waals surface area contributed by atoms with E-state index in [4.69, 9.17) is 9.47 Å². The van der Waals surface area contributed by atoms with Crippen LogP contribution in [0.2, 0.25) is 19.6 Å². The number of benzene rings is 1. The summed E-state index contributed by atoms with van der Waals surface area (Å²) >= 11 is 0. The molecule has 1 unspecified atom stereocenters. The van der Waals surface area contributed by atoms with Crippen molar-refractivity contribution in [3.05, 3.63) is 72.0 Å². The third-order valence-corrected chi connectivity index (χ3v) is 6.89. The summed E-state index contributed by atoms with van der Waals surface area (Å²) in [5.41, 5.74) is 2.08. The van der Waals surface area contributed by atoms with Crippen molar-refractivity contribution in [3.8, 4) is 11.5 Å². The molecule has 0 radical (unpaired) electrons. The fourth-order valence-electron chi connectivity index (χ4n) is 4.13. The normalized spacial score (nSPS) is 20.6. The van der Waals surface area contributed by atoms with Gasteiger partial charge < -0.3 is 19.7 Å². The van der Waals surface area contributed by atoms with E-state index in [-0.39, 0.29) is 24.3 Å². The lowest BCUT2D eigenvalue weighted by Gasteiger charge is -2.31. The fourth-order valence-corrected chi connectivity index (χ4v) is 4.65. The number of hydrogen-bond donors (Lipinski definition) is 3. The van der Waals surface area contributed by atoms with Gasteiger partial charge in [0.1, 0.15) is 20.4 Å². The minimum absolute atomic E-state index is 0.0568. The monoisotopic (exact) mass is 545 g/mol. The van der Waals surface area contributed by atoms with Gasteiger partial charge in [0.05, 0.1) is 41.5 Å². The SMILES string of the molecule is CC(C)(C)C(OCc1cn([C@H]2C[C@H](O)[C@@H](CO)O2)c(=O)[nH]c1=O)c1ccc(C#C[Si](C)(C)C)cc1[N+](=O)[O-]. The summed E-state index contributed by atoms with van der Waals surface area (Å²) in [7, 11) is -1.68. The molecule has 1 aromatic carbocycles. The average molecular weight is 546 g/mol. The van der Waals surface area contributed by atoms with E-state index in [1.165, 1.54) is 12.3 Å². The molecule has 12 heteroatoms. The molecule has 1 aliphatic rings. The number of rotatable bonds is 7. The van der Waals surface area contributed by atoms with Crippen LogP contribution in [0.25, 0.3) is 0 Å². The molecule has 38 heavy (non-hydrogen) atoms. The molecule has 2 aromatic rings. The molecule has 0 saturated carbocycles. The Balaban J connectivity index is 1.94. The number of nitro benzene ring substituents is 1. The van der Waals surface area contributed by atoms with Gasteiger partial charge in [-0.1, -0.05) is 46.3 Å². The number of nitro groups is 1. The number of H-pyrrole nitrogens is 1. The third kappa shape index (κ3) is 7.06. The van der Waals surface area contributed by atoms with Gasteiger partial charge in [-0.25, -0.2) is 4.79 Å². The van der Waals surface area contributed by atoms with E-state index in [1.54, 1.807) is 12.1 Å². The number of nitrogens with zero attached hydrogens (tertiary/aromatic N) is 2. The summed E-state index contributed by atoms with van der Waals surface area (Å²) < 4.78 is 12.8. The van der Waals surface area contributed by atoms with Crippen molar-refractivity contribution in [2.75, 3.05) is 6.61 Å². The van der Waals surface area contributed by atoms with Crippen LogP contribution in [-0.2, 0) is 16.1 Å². The number of nitrogens with one attached hydrogen (secondary N) is 1. The van der Waals surface area contributed by atoms with Gasteiger partial charge in [0.15, 0.2) is 0 Å². The second-order valence-corrected chi connectivity index (χ2v) is 16.3. The minimum Gasteiger partial charge on any atom is -0.394 e. The maximum absolute atomic E-state index is 12.6. The Labute approximate surface area is 221 Å². The van der Waals surface area contributed by atoms with Gasteiger partial charge in [0, 0.05) is 24.2 Å². The first-order valence-corrected chi connectivity index (χ1v) is 15.8. The second-order valence-electron chi connectivity index (χ2n) is 11.5. The van der Waals surface area contributed by atoms with Crippen molar-refractivity contribution >= 4 is 13.8 Å². The molecule has 4 atom stereocenters. The number of aliphatic hydroxyl groups excluding tert-OH is 2. The highest BCUT2D eigenvalue weighted by molar-refractivity contribution is 6.83. The molecular formula is C26H35N3O8Si. The predicted octanol–water partition coefficient (Wildman–Crippen LogP) is 2.62. The van der Waals surface area contributed by atoms with Crippen LogP contribution in [0.4, 0.5) is 5.69 Å². The topological polar surface area (TPSA) is 157 Å². The van der Waals surface area contributed by atoms with Gasteiger partial charge in [-0.05, 0) is 17.5 Å². The van der Waals surface area contributed by atoms with Gasteiger partial charge in [0.25, 0.3) is 11.2 Å². The van der Waals surface area contributed by atoms with Gasteiger partial charge >= 0.3 is 5.69 Å². The zero-order valence-electron chi connectivity index (χ0n) is 22.5. The van der Waals surface area contributed by atoms with E-state index in [9.17, 15) is 29.9 Å². The molecule has 1 aromatic heterocycles. The molecule has 0 bridgehead atoms. The Bertz CT molecular complexity index is 1360. The maximum atomic E-state index is 12.6. The Kier molecular flexibility index (Phi) is 8.80. The molecule has 1 aliphatic heterocycles. The summed E-state index contributed by atoms with van der Waals surface area (Å²) in [6.07, 6.45) is -2.11. The Hall–Kier alpha value is -3.08. The zero-order valence-corrected chi connectivity index (χ0v) is 23.5.